The van der Waals surface area contributed by atoms with Crippen molar-refractivity contribution in [2.75, 3.05) is 0 Å². The van der Waals surface area contributed by atoms with Crippen LogP contribution in [0, 0.1) is 12.7 Å². The van der Waals surface area contributed by atoms with Gasteiger partial charge in [0, 0.05) is 0 Å². The highest BCUT2D eigenvalue weighted by molar-refractivity contribution is 6.02. The SMILES string of the molecule is Cc1cc2c(cc1F)C(=O)CC(C(=O)O)O2. The molecule has 0 spiro atoms. The van der Waals surface area contributed by atoms with E-state index in [2.05, 4.69) is 0 Å². The van der Waals surface area contributed by atoms with E-state index in [1.165, 1.54) is 13.0 Å². The van der Waals surface area contributed by atoms with E-state index in [4.69, 9.17) is 9.84 Å². The van der Waals surface area contributed by atoms with E-state index in [0.29, 0.717) is 5.56 Å². The smallest absolute Gasteiger partial charge is 0.345 e. The molecular formula is C11H9FO4. The summed E-state index contributed by atoms with van der Waals surface area (Å²) in [5.41, 5.74) is 0.429. The van der Waals surface area contributed by atoms with Crippen molar-refractivity contribution in [1.29, 1.82) is 0 Å². The largest absolute Gasteiger partial charge is 0.478 e. The van der Waals surface area contributed by atoms with Gasteiger partial charge in [-0.3, -0.25) is 4.79 Å². The van der Waals surface area contributed by atoms with Crippen molar-refractivity contribution in [2.24, 2.45) is 0 Å². The lowest BCUT2D eigenvalue weighted by molar-refractivity contribution is -0.145. The van der Waals surface area contributed by atoms with Crippen LogP contribution in [0.15, 0.2) is 12.1 Å². The Hall–Kier alpha value is -1.91. The van der Waals surface area contributed by atoms with Gasteiger partial charge in [-0.2, -0.15) is 0 Å². The van der Waals surface area contributed by atoms with Crippen molar-refractivity contribution in [3.05, 3.63) is 29.1 Å². The van der Waals surface area contributed by atoms with Gasteiger partial charge in [0.1, 0.15) is 11.6 Å². The van der Waals surface area contributed by atoms with Crippen LogP contribution in [0.5, 0.6) is 5.75 Å². The van der Waals surface area contributed by atoms with Crippen LogP contribution in [-0.4, -0.2) is 23.0 Å². The van der Waals surface area contributed by atoms with Crippen molar-refractivity contribution >= 4 is 11.8 Å². The summed E-state index contributed by atoms with van der Waals surface area (Å²) in [6, 6.07) is 2.43. The zero-order valence-corrected chi connectivity index (χ0v) is 8.49. The molecule has 5 heteroatoms. The van der Waals surface area contributed by atoms with Crippen LogP contribution in [0.4, 0.5) is 4.39 Å². The second-order valence-electron chi connectivity index (χ2n) is 3.67. The molecule has 1 unspecified atom stereocenters. The molecule has 1 atom stereocenters. The van der Waals surface area contributed by atoms with E-state index in [9.17, 15) is 14.0 Å². The number of aliphatic carboxylic acids is 1. The molecule has 1 aromatic rings. The number of hydrogen-bond acceptors (Lipinski definition) is 3. The number of carbonyl (C=O) groups is 2. The molecule has 0 amide bonds. The number of carbonyl (C=O) groups excluding carboxylic acids is 1. The third-order valence-corrected chi connectivity index (χ3v) is 2.48. The Morgan fingerprint density at radius 2 is 2.25 bits per heavy atom. The summed E-state index contributed by atoms with van der Waals surface area (Å²) >= 11 is 0. The van der Waals surface area contributed by atoms with Gasteiger partial charge in [0.05, 0.1) is 12.0 Å². The average Bonchev–Trinajstić information content (AvgIpc) is 2.20. The second kappa shape index (κ2) is 3.59. The summed E-state index contributed by atoms with van der Waals surface area (Å²) in [5.74, 6) is -1.96. The van der Waals surface area contributed by atoms with E-state index >= 15 is 0 Å². The number of benzene rings is 1. The quantitative estimate of drug-likeness (QED) is 0.786. The fraction of sp³-hybridized carbons (Fsp3) is 0.273. The lowest BCUT2D eigenvalue weighted by Crippen LogP contribution is -2.34. The molecule has 0 radical (unpaired) electrons. The number of hydrogen-bond donors (Lipinski definition) is 1. The van der Waals surface area contributed by atoms with Gasteiger partial charge in [-0.15, -0.1) is 0 Å². The molecule has 0 aliphatic carbocycles. The van der Waals surface area contributed by atoms with Crippen molar-refractivity contribution in [2.45, 2.75) is 19.4 Å². The summed E-state index contributed by atoms with van der Waals surface area (Å²) in [4.78, 5) is 22.3. The summed E-state index contributed by atoms with van der Waals surface area (Å²) in [6.45, 7) is 1.52. The predicted molar refractivity (Wildman–Crippen MR) is 52.1 cm³/mol. The molecular weight excluding hydrogens is 215 g/mol. The summed E-state index contributed by atoms with van der Waals surface area (Å²) in [6.07, 6.45) is -1.44. The van der Waals surface area contributed by atoms with E-state index in [0.717, 1.165) is 6.07 Å². The minimum absolute atomic E-state index is 0.112. The Morgan fingerprint density at radius 1 is 1.56 bits per heavy atom. The number of carboxylic acids is 1. The number of carboxylic acid groups (broad SMARTS) is 1. The maximum Gasteiger partial charge on any atom is 0.345 e. The first-order chi connectivity index (χ1) is 7.49. The standard InChI is InChI=1S/C11H9FO4/c1-5-2-9-6(3-7(5)12)8(13)4-10(16-9)11(14)15/h2-3,10H,4H2,1H3,(H,14,15). The van der Waals surface area contributed by atoms with Crippen LogP contribution in [0.25, 0.3) is 0 Å². The number of ketones is 1. The first-order valence-corrected chi connectivity index (χ1v) is 4.72. The molecule has 0 bridgehead atoms. The van der Waals surface area contributed by atoms with Gasteiger partial charge in [0.15, 0.2) is 5.78 Å². The molecule has 0 aromatic heterocycles. The molecule has 1 aromatic carbocycles. The second-order valence-corrected chi connectivity index (χ2v) is 3.67. The van der Waals surface area contributed by atoms with Gasteiger partial charge in [0.2, 0.25) is 6.10 Å². The van der Waals surface area contributed by atoms with Gasteiger partial charge < -0.3 is 9.84 Å². The third kappa shape index (κ3) is 1.64. The molecule has 84 valence electrons. The Kier molecular flexibility index (Phi) is 2.38. The van der Waals surface area contributed by atoms with E-state index in [-0.39, 0.29) is 17.7 Å². The van der Waals surface area contributed by atoms with Crippen LogP contribution in [0.3, 0.4) is 0 Å². The molecule has 1 heterocycles. The third-order valence-electron chi connectivity index (χ3n) is 2.48. The number of Topliss-reactive ketones (excluding diaryl/α,β-unsaturated/α-hetero) is 1. The highest BCUT2D eigenvalue weighted by Gasteiger charge is 2.31. The molecule has 16 heavy (non-hydrogen) atoms. The summed E-state index contributed by atoms with van der Waals surface area (Å²) in [7, 11) is 0. The first-order valence-electron chi connectivity index (χ1n) is 4.72. The number of rotatable bonds is 1. The van der Waals surface area contributed by atoms with Gasteiger partial charge in [-0.25, -0.2) is 9.18 Å². The monoisotopic (exact) mass is 224 g/mol. The maximum absolute atomic E-state index is 13.2. The number of fused-ring (bicyclic) bond motifs is 1. The highest BCUT2D eigenvalue weighted by Crippen LogP contribution is 2.30. The van der Waals surface area contributed by atoms with Crippen LogP contribution in [0.1, 0.15) is 22.3 Å². The molecule has 0 fully saturated rings. The molecule has 1 N–H and O–H groups in total. The summed E-state index contributed by atoms with van der Waals surface area (Å²) < 4.78 is 18.3. The van der Waals surface area contributed by atoms with Gasteiger partial charge >= 0.3 is 5.97 Å². The Morgan fingerprint density at radius 3 is 2.88 bits per heavy atom. The van der Waals surface area contributed by atoms with Crippen molar-refractivity contribution in [1.82, 2.24) is 0 Å². The fourth-order valence-corrected chi connectivity index (χ4v) is 1.58. The Labute approximate surface area is 90.6 Å². The van der Waals surface area contributed by atoms with Crippen molar-refractivity contribution in [3.8, 4) is 5.75 Å². The van der Waals surface area contributed by atoms with E-state index in [1.807, 2.05) is 0 Å². The topological polar surface area (TPSA) is 63.6 Å². The van der Waals surface area contributed by atoms with Crippen molar-refractivity contribution < 1.29 is 23.8 Å². The summed E-state index contributed by atoms with van der Waals surface area (Å²) in [5, 5.41) is 8.75. The van der Waals surface area contributed by atoms with Crippen LogP contribution >= 0.6 is 0 Å². The number of halogens is 1. The van der Waals surface area contributed by atoms with Gasteiger partial charge in [-0.1, -0.05) is 0 Å². The van der Waals surface area contributed by atoms with Crippen LogP contribution in [0.2, 0.25) is 0 Å². The zero-order valence-electron chi connectivity index (χ0n) is 8.49. The number of aryl methyl sites for hydroxylation is 1. The van der Waals surface area contributed by atoms with Gasteiger partial charge in [0.25, 0.3) is 0 Å². The Balaban J connectivity index is 2.46. The average molecular weight is 224 g/mol. The van der Waals surface area contributed by atoms with Gasteiger partial charge in [-0.05, 0) is 24.6 Å². The minimum Gasteiger partial charge on any atom is -0.478 e. The molecule has 2 rings (SSSR count). The number of ether oxygens (including phenoxy) is 1. The molecule has 1 aliphatic rings. The fourth-order valence-electron chi connectivity index (χ4n) is 1.58. The molecule has 0 saturated carbocycles. The first kappa shape index (κ1) is 10.6. The van der Waals surface area contributed by atoms with Crippen molar-refractivity contribution in [3.63, 3.8) is 0 Å². The van der Waals surface area contributed by atoms with Crippen LogP contribution in [-0.2, 0) is 4.79 Å². The normalized spacial score (nSPS) is 18.9. The lowest BCUT2D eigenvalue weighted by Gasteiger charge is -2.22. The molecule has 1 aliphatic heterocycles. The van der Waals surface area contributed by atoms with E-state index in [1.54, 1.807) is 0 Å². The lowest BCUT2D eigenvalue weighted by atomic mass is 9.99. The minimum atomic E-state index is -1.19. The zero-order chi connectivity index (χ0) is 11.9. The molecule has 0 saturated heterocycles. The molecule has 4 nitrogen and oxygen atoms in total. The van der Waals surface area contributed by atoms with Crippen LogP contribution < -0.4 is 4.74 Å². The van der Waals surface area contributed by atoms with E-state index < -0.39 is 23.7 Å². The predicted octanol–water partition coefficient (Wildman–Crippen LogP) is 1.55. The highest BCUT2D eigenvalue weighted by atomic mass is 19.1. The Bertz CT molecular complexity index is 481. The maximum atomic E-state index is 13.2.